The number of carbonyl (C=O) groups excluding carboxylic acids is 2. The van der Waals surface area contributed by atoms with E-state index in [0.717, 1.165) is 58.3 Å². The highest BCUT2D eigenvalue weighted by molar-refractivity contribution is 5.93. The molecule has 2 aromatic rings. The van der Waals surface area contributed by atoms with Gasteiger partial charge in [-0.15, -0.1) is 0 Å². The van der Waals surface area contributed by atoms with E-state index in [2.05, 4.69) is 39.1 Å². The second kappa shape index (κ2) is 10.2. The lowest BCUT2D eigenvalue weighted by molar-refractivity contribution is -0.156. The molecular weight excluding hydrogens is 454 g/mol. The highest BCUT2D eigenvalue weighted by Gasteiger charge is 2.36. The molecule has 1 amide bonds. The number of likely N-dealkylation sites (tertiary alicyclic amines) is 1. The number of benzene rings is 1. The van der Waals surface area contributed by atoms with Gasteiger partial charge in [0.15, 0.2) is 0 Å². The Bertz CT molecular complexity index is 1090. The Morgan fingerprint density at radius 2 is 1.64 bits per heavy atom. The van der Waals surface area contributed by atoms with Gasteiger partial charge in [0.1, 0.15) is 11.6 Å². The topological polar surface area (TPSA) is 78.9 Å². The molecule has 5 rings (SSSR count). The number of fused-ring (bicyclic) bond motifs is 1. The summed E-state index contributed by atoms with van der Waals surface area (Å²) in [5.41, 5.74) is 2.87. The van der Waals surface area contributed by atoms with Crippen LogP contribution in [-0.2, 0) is 22.5 Å². The molecule has 0 unspecified atom stereocenters. The van der Waals surface area contributed by atoms with Crippen LogP contribution in [0, 0.1) is 0 Å². The number of hydrogen-bond acceptors (Lipinski definition) is 7. The third-order valence-corrected chi connectivity index (χ3v) is 7.50. The Kier molecular flexibility index (Phi) is 6.97. The van der Waals surface area contributed by atoms with Crippen LogP contribution in [-0.4, -0.2) is 75.5 Å². The third kappa shape index (κ3) is 5.38. The van der Waals surface area contributed by atoms with Crippen molar-refractivity contribution in [3.63, 3.8) is 0 Å². The Morgan fingerprint density at radius 1 is 0.944 bits per heavy atom. The van der Waals surface area contributed by atoms with Crippen LogP contribution in [0.1, 0.15) is 67.9 Å². The molecule has 0 spiro atoms. The lowest BCUT2D eigenvalue weighted by atomic mass is 9.95. The fraction of sp³-hybridized carbons (Fsp3) is 0.571. The van der Waals surface area contributed by atoms with E-state index in [-0.39, 0.29) is 17.9 Å². The average molecular weight is 492 g/mol. The van der Waals surface area contributed by atoms with Gasteiger partial charge in [0.2, 0.25) is 5.95 Å². The zero-order valence-electron chi connectivity index (χ0n) is 21.7. The van der Waals surface area contributed by atoms with Gasteiger partial charge in [0.25, 0.3) is 5.91 Å². The largest absolute Gasteiger partial charge is 0.458 e. The van der Waals surface area contributed by atoms with Gasteiger partial charge in [-0.05, 0) is 64.0 Å². The minimum absolute atomic E-state index is 0.0193. The van der Waals surface area contributed by atoms with Crippen molar-refractivity contribution in [2.45, 2.75) is 77.1 Å². The van der Waals surface area contributed by atoms with Crippen molar-refractivity contribution in [3.8, 4) is 0 Å². The quantitative estimate of drug-likeness (QED) is 0.606. The summed E-state index contributed by atoms with van der Waals surface area (Å²) >= 11 is 0. The predicted octanol–water partition coefficient (Wildman–Crippen LogP) is 3.45. The molecule has 0 aliphatic carbocycles. The fourth-order valence-corrected chi connectivity index (χ4v) is 5.65. The van der Waals surface area contributed by atoms with E-state index in [1.807, 2.05) is 30.6 Å². The summed E-state index contributed by atoms with van der Waals surface area (Å²) in [6.07, 6.45) is 7.87. The SMILES string of the molecule is CC(C)(C)OC(=O)[C@H]1CCCN1c1ncc(C(=O)N2CCC(N3CCc4ccccc4C3)CC2)cn1. The number of anilines is 1. The number of esters is 1. The molecule has 8 nitrogen and oxygen atoms in total. The number of ether oxygens (including phenoxy) is 1. The molecule has 1 atom stereocenters. The number of piperidine rings is 1. The van der Waals surface area contributed by atoms with Gasteiger partial charge in [0, 0.05) is 51.2 Å². The van der Waals surface area contributed by atoms with Gasteiger partial charge in [-0.2, -0.15) is 0 Å². The van der Waals surface area contributed by atoms with Crippen LogP contribution in [0.3, 0.4) is 0 Å². The third-order valence-electron chi connectivity index (χ3n) is 7.50. The molecule has 4 heterocycles. The molecule has 8 heteroatoms. The van der Waals surface area contributed by atoms with Crippen molar-refractivity contribution in [1.29, 1.82) is 0 Å². The van der Waals surface area contributed by atoms with Crippen molar-refractivity contribution < 1.29 is 14.3 Å². The summed E-state index contributed by atoms with van der Waals surface area (Å²) in [7, 11) is 0. The second-order valence-electron chi connectivity index (χ2n) is 11.2. The van der Waals surface area contributed by atoms with Crippen molar-refractivity contribution >= 4 is 17.8 Å². The molecule has 0 N–H and O–H groups in total. The normalized spacial score (nSPS) is 21.4. The molecule has 0 saturated carbocycles. The van der Waals surface area contributed by atoms with E-state index in [0.29, 0.717) is 24.1 Å². The Labute approximate surface area is 213 Å². The Balaban J connectivity index is 1.16. The van der Waals surface area contributed by atoms with Gasteiger partial charge in [-0.25, -0.2) is 14.8 Å². The van der Waals surface area contributed by atoms with Crippen molar-refractivity contribution in [2.24, 2.45) is 0 Å². The molecule has 0 radical (unpaired) electrons. The van der Waals surface area contributed by atoms with E-state index < -0.39 is 5.60 Å². The predicted molar refractivity (Wildman–Crippen MR) is 138 cm³/mol. The van der Waals surface area contributed by atoms with Crippen LogP contribution in [0.5, 0.6) is 0 Å². The summed E-state index contributed by atoms with van der Waals surface area (Å²) < 4.78 is 5.58. The maximum Gasteiger partial charge on any atom is 0.329 e. The first-order chi connectivity index (χ1) is 17.3. The van der Waals surface area contributed by atoms with Crippen LogP contribution in [0.25, 0.3) is 0 Å². The number of hydrogen-bond donors (Lipinski definition) is 0. The van der Waals surface area contributed by atoms with Crippen molar-refractivity contribution in [2.75, 3.05) is 31.1 Å². The molecule has 192 valence electrons. The zero-order chi connectivity index (χ0) is 25.3. The maximum absolute atomic E-state index is 13.2. The molecule has 3 aliphatic rings. The standard InChI is InChI=1S/C28H37N5O3/c1-28(2,3)36-26(35)24-9-6-13-33(24)27-29-17-22(18-30-27)25(34)31-15-11-23(12-16-31)32-14-10-20-7-4-5-8-21(20)19-32/h4-5,7-8,17-18,23-24H,6,9-16,19H2,1-3H3/t24-/m1/s1. The van der Waals surface area contributed by atoms with E-state index in [1.165, 1.54) is 11.1 Å². The Morgan fingerprint density at radius 3 is 2.33 bits per heavy atom. The van der Waals surface area contributed by atoms with Crippen LogP contribution < -0.4 is 4.90 Å². The molecular formula is C28H37N5O3. The monoisotopic (exact) mass is 491 g/mol. The van der Waals surface area contributed by atoms with E-state index in [9.17, 15) is 9.59 Å². The highest BCUT2D eigenvalue weighted by atomic mass is 16.6. The van der Waals surface area contributed by atoms with Crippen LogP contribution in [0.15, 0.2) is 36.7 Å². The van der Waals surface area contributed by atoms with Gasteiger partial charge in [0.05, 0.1) is 5.56 Å². The van der Waals surface area contributed by atoms with Gasteiger partial charge in [-0.3, -0.25) is 9.69 Å². The highest BCUT2D eigenvalue weighted by Crippen LogP contribution is 2.27. The van der Waals surface area contributed by atoms with Crippen LogP contribution in [0.2, 0.25) is 0 Å². The summed E-state index contributed by atoms with van der Waals surface area (Å²) in [5.74, 6) is 0.210. The van der Waals surface area contributed by atoms with Gasteiger partial charge >= 0.3 is 5.97 Å². The lowest BCUT2D eigenvalue weighted by Crippen LogP contribution is -2.48. The van der Waals surface area contributed by atoms with E-state index in [1.54, 1.807) is 12.4 Å². The number of rotatable bonds is 4. The van der Waals surface area contributed by atoms with Crippen molar-refractivity contribution in [1.82, 2.24) is 19.8 Å². The molecule has 2 saturated heterocycles. The van der Waals surface area contributed by atoms with Gasteiger partial charge < -0.3 is 14.5 Å². The van der Waals surface area contributed by atoms with E-state index in [4.69, 9.17) is 4.74 Å². The van der Waals surface area contributed by atoms with Crippen LogP contribution >= 0.6 is 0 Å². The summed E-state index contributed by atoms with van der Waals surface area (Å²) in [6, 6.07) is 8.86. The molecule has 1 aromatic heterocycles. The summed E-state index contributed by atoms with van der Waals surface area (Å²) in [5, 5.41) is 0. The second-order valence-corrected chi connectivity index (χ2v) is 11.2. The summed E-state index contributed by atoms with van der Waals surface area (Å²) in [4.78, 5) is 41.1. The Hall–Kier alpha value is -3.00. The fourth-order valence-electron chi connectivity index (χ4n) is 5.65. The first kappa shape index (κ1) is 24.7. The first-order valence-corrected chi connectivity index (χ1v) is 13.2. The lowest BCUT2D eigenvalue weighted by Gasteiger charge is -2.40. The number of carbonyl (C=O) groups is 2. The first-order valence-electron chi connectivity index (χ1n) is 13.2. The average Bonchev–Trinajstić information content (AvgIpc) is 3.38. The maximum atomic E-state index is 13.2. The smallest absolute Gasteiger partial charge is 0.329 e. The minimum Gasteiger partial charge on any atom is -0.458 e. The molecule has 0 bridgehead atoms. The number of amides is 1. The zero-order valence-corrected chi connectivity index (χ0v) is 21.7. The molecule has 36 heavy (non-hydrogen) atoms. The molecule has 1 aromatic carbocycles. The number of aromatic nitrogens is 2. The molecule has 3 aliphatic heterocycles. The van der Waals surface area contributed by atoms with E-state index >= 15 is 0 Å². The number of nitrogens with zero attached hydrogens (tertiary/aromatic N) is 5. The van der Waals surface area contributed by atoms with Crippen molar-refractivity contribution in [3.05, 3.63) is 53.3 Å². The molecule has 2 fully saturated rings. The van der Waals surface area contributed by atoms with Crippen LogP contribution in [0.4, 0.5) is 5.95 Å². The summed E-state index contributed by atoms with van der Waals surface area (Å²) in [6.45, 7) is 9.90. The van der Waals surface area contributed by atoms with Gasteiger partial charge in [-0.1, -0.05) is 24.3 Å². The minimum atomic E-state index is -0.533.